The Hall–Kier alpha value is -1.07. The smallest absolute Gasteiger partial charge is 0.191 e. The molecule has 2 N–H and O–H groups in total. The number of guanidine groups is 1. The van der Waals surface area contributed by atoms with Gasteiger partial charge in [-0.05, 0) is 43.6 Å². The van der Waals surface area contributed by atoms with E-state index in [1.807, 2.05) is 7.05 Å². The molecule has 0 spiro atoms. The fraction of sp³-hybridized carbons (Fsp3) is 0.722. The van der Waals surface area contributed by atoms with Crippen molar-refractivity contribution >= 4 is 17.3 Å². The van der Waals surface area contributed by atoms with Crippen LogP contribution < -0.4 is 10.6 Å². The SMILES string of the molecule is CN=C(NCCCCCOC1CCCCC1)NCc1cccs1. The van der Waals surface area contributed by atoms with Crippen LogP contribution in [0.15, 0.2) is 22.5 Å². The lowest BCUT2D eigenvalue weighted by molar-refractivity contribution is 0.0264. The van der Waals surface area contributed by atoms with Gasteiger partial charge in [-0.2, -0.15) is 0 Å². The van der Waals surface area contributed by atoms with Crippen LogP contribution in [-0.4, -0.2) is 32.3 Å². The van der Waals surface area contributed by atoms with E-state index in [2.05, 4.69) is 33.1 Å². The van der Waals surface area contributed by atoms with Gasteiger partial charge in [-0.1, -0.05) is 25.3 Å². The van der Waals surface area contributed by atoms with Crippen molar-refractivity contribution in [1.29, 1.82) is 0 Å². The third-order valence-electron chi connectivity index (χ3n) is 4.25. The summed E-state index contributed by atoms with van der Waals surface area (Å²) in [5, 5.41) is 8.82. The number of ether oxygens (including phenoxy) is 1. The first-order valence-corrected chi connectivity index (χ1v) is 9.85. The summed E-state index contributed by atoms with van der Waals surface area (Å²) in [6.07, 6.45) is 10.7. The van der Waals surface area contributed by atoms with Crippen LogP contribution in [-0.2, 0) is 11.3 Å². The molecule has 1 aliphatic carbocycles. The topological polar surface area (TPSA) is 45.7 Å². The maximum atomic E-state index is 5.96. The van der Waals surface area contributed by atoms with E-state index in [-0.39, 0.29) is 0 Å². The highest BCUT2D eigenvalue weighted by Gasteiger charge is 2.12. The third-order valence-corrected chi connectivity index (χ3v) is 5.13. The molecule has 0 atom stereocenters. The van der Waals surface area contributed by atoms with Crippen molar-refractivity contribution in [3.8, 4) is 0 Å². The highest BCUT2D eigenvalue weighted by atomic mass is 32.1. The first-order chi connectivity index (χ1) is 11.4. The maximum absolute atomic E-state index is 5.96. The van der Waals surface area contributed by atoms with Crippen LogP contribution in [0.25, 0.3) is 0 Å². The van der Waals surface area contributed by atoms with Crippen molar-refractivity contribution in [2.45, 2.75) is 64.0 Å². The minimum absolute atomic E-state index is 0.544. The molecule has 1 aliphatic rings. The van der Waals surface area contributed by atoms with Gasteiger partial charge in [-0.15, -0.1) is 11.3 Å². The van der Waals surface area contributed by atoms with E-state index in [1.54, 1.807) is 11.3 Å². The lowest BCUT2D eigenvalue weighted by Crippen LogP contribution is -2.37. The Morgan fingerprint density at radius 3 is 2.83 bits per heavy atom. The predicted octanol–water partition coefficient (Wildman–Crippen LogP) is 3.93. The summed E-state index contributed by atoms with van der Waals surface area (Å²) in [5.74, 6) is 0.886. The molecule has 1 aromatic rings. The Morgan fingerprint density at radius 1 is 1.22 bits per heavy atom. The average molecular weight is 338 g/mol. The van der Waals surface area contributed by atoms with Crippen LogP contribution in [0, 0.1) is 0 Å². The summed E-state index contributed by atoms with van der Waals surface area (Å²) in [6, 6.07) is 4.21. The van der Waals surface area contributed by atoms with Crippen molar-refractivity contribution in [2.75, 3.05) is 20.2 Å². The van der Waals surface area contributed by atoms with Gasteiger partial charge in [0.05, 0.1) is 12.6 Å². The molecule has 5 heteroatoms. The van der Waals surface area contributed by atoms with E-state index in [1.165, 1.54) is 49.8 Å². The molecule has 130 valence electrons. The van der Waals surface area contributed by atoms with Crippen molar-refractivity contribution < 1.29 is 4.74 Å². The predicted molar refractivity (Wildman–Crippen MR) is 99.2 cm³/mol. The quantitative estimate of drug-likeness (QED) is 0.408. The average Bonchev–Trinajstić information content (AvgIpc) is 3.11. The number of thiophene rings is 1. The van der Waals surface area contributed by atoms with Crippen molar-refractivity contribution in [2.24, 2.45) is 4.99 Å². The minimum Gasteiger partial charge on any atom is -0.378 e. The molecule has 23 heavy (non-hydrogen) atoms. The van der Waals surface area contributed by atoms with Crippen LogP contribution in [0.2, 0.25) is 0 Å². The molecule has 1 saturated carbocycles. The first-order valence-electron chi connectivity index (χ1n) is 8.97. The summed E-state index contributed by atoms with van der Waals surface area (Å²) in [6.45, 7) is 2.73. The van der Waals surface area contributed by atoms with Gasteiger partial charge in [0, 0.05) is 25.1 Å². The molecule has 1 heterocycles. The van der Waals surface area contributed by atoms with E-state index in [0.29, 0.717) is 6.10 Å². The summed E-state index contributed by atoms with van der Waals surface area (Å²) in [4.78, 5) is 5.58. The zero-order chi connectivity index (χ0) is 16.2. The van der Waals surface area contributed by atoms with Crippen molar-refractivity contribution in [1.82, 2.24) is 10.6 Å². The molecule has 2 rings (SSSR count). The van der Waals surface area contributed by atoms with Gasteiger partial charge < -0.3 is 15.4 Å². The molecular weight excluding hydrogens is 306 g/mol. The van der Waals surface area contributed by atoms with Crippen LogP contribution in [0.3, 0.4) is 0 Å². The number of aliphatic imine (C=N–C) groups is 1. The Bertz CT molecular complexity index is 427. The number of rotatable bonds is 9. The van der Waals surface area contributed by atoms with Gasteiger partial charge >= 0.3 is 0 Å². The van der Waals surface area contributed by atoms with Crippen molar-refractivity contribution in [3.63, 3.8) is 0 Å². The summed E-state index contributed by atoms with van der Waals surface area (Å²) >= 11 is 1.77. The molecule has 0 saturated heterocycles. The second-order valence-corrected chi connectivity index (χ2v) is 7.16. The highest BCUT2D eigenvalue weighted by Crippen LogP contribution is 2.20. The van der Waals surface area contributed by atoms with Crippen LogP contribution in [0.5, 0.6) is 0 Å². The lowest BCUT2D eigenvalue weighted by atomic mass is 9.98. The second-order valence-electron chi connectivity index (χ2n) is 6.12. The normalized spacial score (nSPS) is 16.5. The first kappa shape index (κ1) is 18.3. The third kappa shape index (κ3) is 7.84. The Kier molecular flexibility index (Phi) is 9.11. The second kappa shape index (κ2) is 11.5. The fourth-order valence-electron chi connectivity index (χ4n) is 2.90. The van der Waals surface area contributed by atoms with Crippen LogP contribution in [0.4, 0.5) is 0 Å². The Morgan fingerprint density at radius 2 is 2.09 bits per heavy atom. The zero-order valence-electron chi connectivity index (χ0n) is 14.4. The van der Waals surface area contributed by atoms with Crippen LogP contribution in [0.1, 0.15) is 56.2 Å². The molecule has 1 aromatic heterocycles. The largest absolute Gasteiger partial charge is 0.378 e. The monoisotopic (exact) mass is 337 g/mol. The molecule has 0 unspecified atom stereocenters. The van der Waals surface area contributed by atoms with E-state index < -0.39 is 0 Å². The molecule has 0 bridgehead atoms. The van der Waals surface area contributed by atoms with Gasteiger partial charge in [-0.3, -0.25) is 4.99 Å². The number of nitrogens with zero attached hydrogens (tertiary/aromatic N) is 1. The number of nitrogens with one attached hydrogen (secondary N) is 2. The van der Waals surface area contributed by atoms with E-state index in [9.17, 15) is 0 Å². The van der Waals surface area contributed by atoms with E-state index >= 15 is 0 Å². The standard InChI is InChI=1S/C18H31N3OS/c1-19-18(21-15-17-11-8-14-23-17)20-12-6-3-7-13-22-16-9-4-2-5-10-16/h8,11,14,16H,2-7,9-10,12-13,15H2,1H3,(H2,19,20,21). The number of hydrogen-bond donors (Lipinski definition) is 2. The molecule has 0 amide bonds. The minimum atomic E-state index is 0.544. The highest BCUT2D eigenvalue weighted by molar-refractivity contribution is 7.09. The Labute approximate surface area is 144 Å². The van der Waals surface area contributed by atoms with Crippen molar-refractivity contribution in [3.05, 3.63) is 22.4 Å². The molecule has 4 nitrogen and oxygen atoms in total. The van der Waals surface area contributed by atoms with Gasteiger partial charge in [0.2, 0.25) is 0 Å². The molecule has 0 aliphatic heterocycles. The summed E-state index contributed by atoms with van der Waals surface area (Å²) in [7, 11) is 1.82. The molecular formula is C18H31N3OS. The van der Waals surface area contributed by atoms with Gasteiger partial charge in [-0.25, -0.2) is 0 Å². The van der Waals surface area contributed by atoms with E-state index in [4.69, 9.17) is 4.74 Å². The molecule has 1 fully saturated rings. The Balaban J connectivity index is 1.44. The van der Waals surface area contributed by atoms with Gasteiger partial charge in [0.25, 0.3) is 0 Å². The van der Waals surface area contributed by atoms with Gasteiger partial charge in [0.1, 0.15) is 0 Å². The maximum Gasteiger partial charge on any atom is 0.191 e. The number of unbranched alkanes of at least 4 members (excludes halogenated alkanes) is 2. The van der Waals surface area contributed by atoms with Gasteiger partial charge in [0.15, 0.2) is 5.96 Å². The van der Waals surface area contributed by atoms with Crippen LogP contribution >= 0.6 is 11.3 Å². The zero-order valence-corrected chi connectivity index (χ0v) is 15.2. The molecule has 0 radical (unpaired) electrons. The fourth-order valence-corrected chi connectivity index (χ4v) is 3.54. The summed E-state index contributed by atoms with van der Waals surface area (Å²) in [5.41, 5.74) is 0. The van der Waals surface area contributed by atoms with E-state index in [0.717, 1.165) is 32.1 Å². The number of hydrogen-bond acceptors (Lipinski definition) is 3. The lowest BCUT2D eigenvalue weighted by Gasteiger charge is -2.21. The molecule has 0 aromatic carbocycles. The summed E-state index contributed by atoms with van der Waals surface area (Å²) < 4.78 is 5.96.